The third-order valence-electron chi connectivity index (χ3n) is 4.32. The highest BCUT2D eigenvalue weighted by atomic mass is 32.2. The lowest BCUT2D eigenvalue weighted by molar-refractivity contribution is -0.0763. The molecule has 0 aromatic carbocycles. The molecule has 3 rings (SSSR count). The number of amides is 1. The standard InChI is InChI=1S/C14H21N3O4S2/c1-10-15-12(8-22-10)13(18)17-5-4-14(9-17)7-11(3-6-21-14)16-23(2,19)20/h8,11,16H,3-7,9H2,1-2H3/t11-,14-/m0/s1. The van der Waals surface area contributed by atoms with Gasteiger partial charge in [0.1, 0.15) is 5.69 Å². The number of carbonyl (C=O) groups excluding carboxylic acids is 1. The molecule has 0 aliphatic carbocycles. The number of sulfonamides is 1. The van der Waals surface area contributed by atoms with E-state index in [1.54, 1.807) is 10.3 Å². The van der Waals surface area contributed by atoms with Crippen LogP contribution in [0.4, 0.5) is 0 Å². The molecule has 1 aromatic rings. The monoisotopic (exact) mass is 359 g/mol. The molecule has 0 bridgehead atoms. The van der Waals surface area contributed by atoms with Crippen LogP contribution in [0.3, 0.4) is 0 Å². The Bertz CT molecular complexity index is 703. The van der Waals surface area contributed by atoms with Gasteiger partial charge in [-0.3, -0.25) is 4.79 Å². The second kappa shape index (κ2) is 6.12. The lowest BCUT2D eigenvalue weighted by atomic mass is 9.90. The molecule has 7 nitrogen and oxygen atoms in total. The Hall–Kier alpha value is -1.03. The number of nitrogens with one attached hydrogen (secondary N) is 1. The summed E-state index contributed by atoms with van der Waals surface area (Å²) >= 11 is 1.46. The molecule has 1 N–H and O–H groups in total. The van der Waals surface area contributed by atoms with Crippen LogP contribution >= 0.6 is 11.3 Å². The normalized spacial score (nSPS) is 28.4. The van der Waals surface area contributed by atoms with E-state index < -0.39 is 15.6 Å². The SMILES string of the molecule is Cc1nc(C(=O)N2CC[C@]3(C[C@@H](NS(C)(=O)=O)CCO3)C2)cs1. The highest BCUT2D eigenvalue weighted by Crippen LogP contribution is 2.35. The van der Waals surface area contributed by atoms with Crippen LogP contribution in [0.2, 0.25) is 0 Å². The van der Waals surface area contributed by atoms with E-state index in [4.69, 9.17) is 4.74 Å². The van der Waals surface area contributed by atoms with E-state index in [2.05, 4.69) is 9.71 Å². The second-order valence-corrected chi connectivity index (χ2v) is 9.18. The number of carbonyl (C=O) groups is 1. The molecule has 2 aliphatic rings. The summed E-state index contributed by atoms with van der Waals surface area (Å²) in [7, 11) is -3.23. The minimum absolute atomic E-state index is 0.0759. The molecule has 2 fully saturated rings. The van der Waals surface area contributed by atoms with Gasteiger partial charge in [0, 0.05) is 24.6 Å². The molecule has 1 aromatic heterocycles. The van der Waals surface area contributed by atoms with Crippen LogP contribution in [0.15, 0.2) is 5.38 Å². The first-order valence-electron chi connectivity index (χ1n) is 7.59. The first-order valence-corrected chi connectivity index (χ1v) is 10.4. The van der Waals surface area contributed by atoms with Gasteiger partial charge in [-0.15, -0.1) is 11.3 Å². The van der Waals surface area contributed by atoms with Crippen LogP contribution in [0.5, 0.6) is 0 Å². The first kappa shape index (κ1) is 16.8. The number of aromatic nitrogens is 1. The molecule has 3 heterocycles. The third kappa shape index (κ3) is 3.90. The zero-order valence-corrected chi connectivity index (χ0v) is 14.9. The van der Waals surface area contributed by atoms with Gasteiger partial charge in [-0.1, -0.05) is 0 Å². The van der Waals surface area contributed by atoms with Gasteiger partial charge in [-0.25, -0.2) is 18.1 Å². The lowest BCUT2D eigenvalue weighted by Gasteiger charge is -2.38. The summed E-state index contributed by atoms with van der Waals surface area (Å²) in [5.74, 6) is -0.0759. The van der Waals surface area contributed by atoms with Gasteiger partial charge in [-0.05, 0) is 26.2 Å². The molecular weight excluding hydrogens is 338 g/mol. The van der Waals surface area contributed by atoms with Crippen molar-refractivity contribution in [1.29, 1.82) is 0 Å². The predicted octanol–water partition coefficient (Wildman–Crippen LogP) is 0.764. The maximum absolute atomic E-state index is 12.5. The van der Waals surface area contributed by atoms with Crippen LogP contribution in [-0.4, -0.2) is 61.8 Å². The maximum Gasteiger partial charge on any atom is 0.273 e. The second-order valence-electron chi connectivity index (χ2n) is 6.34. The summed E-state index contributed by atoms with van der Waals surface area (Å²) < 4.78 is 31.5. The average molecular weight is 359 g/mol. The fraction of sp³-hybridized carbons (Fsp3) is 0.714. The highest BCUT2D eigenvalue weighted by Gasteiger charge is 2.45. The molecule has 2 aliphatic heterocycles. The minimum atomic E-state index is -3.23. The summed E-state index contributed by atoms with van der Waals surface area (Å²) in [4.78, 5) is 18.5. The summed E-state index contributed by atoms with van der Waals surface area (Å²) in [5.41, 5.74) is 0.0348. The van der Waals surface area contributed by atoms with Crippen molar-refractivity contribution >= 4 is 27.3 Å². The van der Waals surface area contributed by atoms with Crippen LogP contribution in [0.25, 0.3) is 0 Å². The number of nitrogens with zero attached hydrogens (tertiary/aromatic N) is 2. The van der Waals surface area contributed by atoms with E-state index in [0.29, 0.717) is 38.2 Å². The van der Waals surface area contributed by atoms with Crippen molar-refractivity contribution < 1.29 is 17.9 Å². The van der Waals surface area contributed by atoms with Gasteiger partial charge in [0.25, 0.3) is 5.91 Å². The van der Waals surface area contributed by atoms with E-state index in [1.165, 1.54) is 17.6 Å². The molecule has 0 unspecified atom stereocenters. The van der Waals surface area contributed by atoms with E-state index in [-0.39, 0.29) is 11.9 Å². The molecule has 2 saturated heterocycles. The molecule has 23 heavy (non-hydrogen) atoms. The molecule has 0 radical (unpaired) electrons. The van der Waals surface area contributed by atoms with Crippen LogP contribution in [-0.2, 0) is 14.8 Å². The largest absolute Gasteiger partial charge is 0.373 e. The summed E-state index contributed by atoms with van der Waals surface area (Å²) in [6, 6.07) is -0.129. The molecule has 1 amide bonds. The van der Waals surface area contributed by atoms with E-state index in [9.17, 15) is 13.2 Å². The van der Waals surface area contributed by atoms with E-state index in [0.717, 1.165) is 11.4 Å². The molecule has 2 atom stereocenters. The Morgan fingerprint density at radius 2 is 2.35 bits per heavy atom. The number of hydrogen-bond donors (Lipinski definition) is 1. The summed E-state index contributed by atoms with van der Waals surface area (Å²) in [6.45, 7) is 3.48. The zero-order valence-electron chi connectivity index (χ0n) is 13.2. The molecule has 9 heteroatoms. The summed E-state index contributed by atoms with van der Waals surface area (Å²) in [5, 5.41) is 2.65. The van der Waals surface area contributed by atoms with Crippen molar-refractivity contribution in [3.05, 3.63) is 16.1 Å². The van der Waals surface area contributed by atoms with Crippen molar-refractivity contribution in [1.82, 2.24) is 14.6 Å². The molecular formula is C14H21N3O4S2. The van der Waals surface area contributed by atoms with Gasteiger partial charge >= 0.3 is 0 Å². The van der Waals surface area contributed by atoms with Crippen molar-refractivity contribution in [3.8, 4) is 0 Å². The Balaban J connectivity index is 1.67. The summed E-state index contributed by atoms with van der Waals surface area (Å²) in [6.07, 6.45) is 3.15. The van der Waals surface area contributed by atoms with E-state index in [1.807, 2.05) is 6.92 Å². The van der Waals surface area contributed by atoms with Crippen LogP contribution in [0.1, 0.15) is 34.8 Å². The average Bonchev–Trinajstić information content (AvgIpc) is 3.04. The van der Waals surface area contributed by atoms with Gasteiger partial charge in [0.2, 0.25) is 10.0 Å². The van der Waals surface area contributed by atoms with Crippen LogP contribution in [0, 0.1) is 6.92 Å². The Labute approximate surface area is 140 Å². The Morgan fingerprint density at radius 3 is 3.00 bits per heavy atom. The fourth-order valence-corrected chi connectivity index (χ4v) is 4.75. The number of hydrogen-bond acceptors (Lipinski definition) is 6. The van der Waals surface area contributed by atoms with Gasteiger partial charge < -0.3 is 9.64 Å². The quantitative estimate of drug-likeness (QED) is 0.861. The number of aryl methyl sites for hydroxylation is 1. The minimum Gasteiger partial charge on any atom is -0.373 e. The smallest absolute Gasteiger partial charge is 0.273 e. The van der Waals surface area contributed by atoms with Crippen molar-refractivity contribution in [2.75, 3.05) is 26.0 Å². The fourth-order valence-electron chi connectivity index (χ4n) is 3.36. The van der Waals surface area contributed by atoms with Crippen LogP contribution < -0.4 is 4.72 Å². The number of thiazole rings is 1. The Kier molecular flexibility index (Phi) is 4.47. The Morgan fingerprint density at radius 1 is 1.57 bits per heavy atom. The van der Waals surface area contributed by atoms with Crippen molar-refractivity contribution in [2.45, 2.75) is 37.8 Å². The van der Waals surface area contributed by atoms with Crippen molar-refractivity contribution in [3.63, 3.8) is 0 Å². The topological polar surface area (TPSA) is 88.6 Å². The molecule has 1 spiro atoms. The zero-order chi connectivity index (χ0) is 16.7. The lowest BCUT2D eigenvalue weighted by Crippen LogP contribution is -2.50. The van der Waals surface area contributed by atoms with E-state index >= 15 is 0 Å². The number of likely N-dealkylation sites (tertiary alicyclic amines) is 1. The predicted molar refractivity (Wildman–Crippen MR) is 87.1 cm³/mol. The first-order chi connectivity index (χ1) is 10.8. The third-order valence-corrected chi connectivity index (χ3v) is 5.85. The highest BCUT2D eigenvalue weighted by molar-refractivity contribution is 7.88. The van der Waals surface area contributed by atoms with Gasteiger partial charge in [0.05, 0.1) is 23.4 Å². The maximum atomic E-state index is 12.5. The van der Waals surface area contributed by atoms with Gasteiger partial charge in [0.15, 0.2) is 0 Å². The molecule has 0 saturated carbocycles. The number of rotatable bonds is 3. The van der Waals surface area contributed by atoms with Gasteiger partial charge in [-0.2, -0.15) is 0 Å². The molecule has 128 valence electrons. The number of ether oxygens (including phenoxy) is 1. The van der Waals surface area contributed by atoms with Crippen molar-refractivity contribution in [2.24, 2.45) is 0 Å².